The van der Waals surface area contributed by atoms with Gasteiger partial charge in [0, 0.05) is 12.6 Å². The van der Waals surface area contributed by atoms with Crippen LogP contribution in [0.3, 0.4) is 0 Å². The van der Waals surface area contributed by atoms with Crippen LogP contribution in [0.25, 0.3) is 0 Å². The highest BCUT2D eigenvalue weighted by Gasteiger charge is 2.31. The van der Waals surface area contributed by atoms with E-state index in [9.17, 15) is 8.42 Å². The maximum Gasteiger partial charge on any atom is 0.260 e. The molecule has 1 aromatic rings. The summed E-state index contributed by atoms with van der Waals surface area (Å²) >= 11 is 5.68. The zero-order chi connectivity index (χ0) is 12.6. The first kappa shape index (κ1) is 13.4. The first-order valence-electron chi connectivity index (χ1n) is 4.77. The number of sulfonamides is 1. The van der Waals surface area contributed by atoms with Gasteiger partial charge in [0.25, 0.3) is 10.0 Å². The first-order valence-corrected chi connectivity index (χ1v) is 6.59. The van der Waals surface area contributed by atoms with Crippen LogP contribution in [-0.2, 0) is 10.0 Å². The molecule has 0 amide bonds. The smallest absolute Gasteiger partial charge is 0.223 e. The Balaban J connectivity index is 3.23. The van der Waals surface area contributed by atoms with Gasteiger partial charge in [-0.2, -0.15) is 4.31 Å². The van der Waals surface area contributed by atoms with E-state index >= 15 is 0 Å². The normalized spacial score (nSPS) is 13.1. The molecule has 1 aromatic heterocycles. The number of nitrogens with zero attached hydrogens (tertiary/aromatic N) is 2. The molecule has 0 spiro atoms. The van der Waals surface area contributed by atoms with E-state index in [2.05, 4.69) is 4.98 Å². The zero-order valence-corrected chi connectivity index (χ0v) is 11.3. The third-order valence-corrected chi connectivity index (χ3v) is 4.49. The van der Waals surface area contributed by atoms with Crippen molar-refractivity contribution in [3.8, 4) is 0 Å². The van der Waals surface area contributed by atoms with Gasteiger partial charge in [0.1, 0.15) is 5.15 Å². The molecule has 4 nitrogen and oxygen atoms in total. The van der Waals surface area contributed by atoms with Crippen molar-refractivity contribution < 1.29 is 8.42 Å². The number of rotatable bonds is 2. The molecule has 0 aliphatic rings. The van der Waals surface area contributed by atoms with E-state index in [0.29, 0.717) is 0 Å². The molecule has 0 radical (unpaired) electrons. The Morgan fingerprint density at radius 1 is 1.31 bits per heavy atom. The van der Waals surface area contributed by atoms with Gasteiger partial charge in [-0.25, -0.2) is 13.4 Å². The van der Waals surface area contributed by atoms with Crippen LogP contribution in [0.1, 0.15) is 20.8 Å². The second-order valence-corrected chi connectivity index (χ2v) is 6.75. The van der Waals surface area contributed by atoms with Crippen molar-refractivity contribution in [1.29, 1.82) is 0 Å². The Morgan fingerprint density at radius 3 is 2.31 bits per heavy atom. The van der Waals surface area contributed by atoms with E-state index < -0.39 is 15.6 Å². The van der Waals surface area contributed by atoms with Crippen LogP contribution in [-0.4, -0.2) is 30.3 Å². The number of aromatic nitrogens is 1. The molecule has 90 valence electrons. The second kappa shape index (κ2) is 4.31. The predicted molar refractivity (Wildman–Crippen MR) is 63.9 cm³/mol. The molecule has 1 heterocycles. The molecule has 0 bridgehead atoms. The van der Waals surface area contributed by atoms with Gasteiger partial charge in [0.2, 0.25) is 0 Å². The van der Waals surface area contributed by atoms with Gasteiger partial charge in [-0.15, -0.1) is 0 Å². The summed E-state index contributed by atoms with van der Waals surface area (Å²) in [6.45, 7) is 5.44. The molecule has 0 saturated carbocycles. The average molecular weight is 263 g/mol. The number of halogens is 1. The van der Waals surface area contributed by atoms with Gasteiger partial charge in [-0.05, 0) is 32.9 Å². The molecule has 6 heteroatoms. The van der Waals surface area contributed by atoms with Crippen LogP contribution in [0.5, 0.6) is 0 Å². The van der Waals surface area contributed by atoms with Crippen LogP contribution in [0, 0.1) is 0 Å². The molecule has 0 aromatic carbocycles. The molecular weight excluding hydrogens is 248 g/mol. The maximum atomic E-state index is 12.1. The van der Waals surface area contributed by atoms with E-state index in [1.807, 2.05) is 20.8 Å². The van der Waals surface area contributed by atoms with Gasteiger partial charge in [0.05, 0.1) is 0 Å². The number of pyridine rings is 1. The highest BCUT2D eigenvalue weighted by Crippen LogP contribution is 2.21. The fourth-order valence-electron chi connectivity index (χ4n) is 1.03. The molecule has 0 saturated heterocycles. The van der Waals surface area contributed by atoms with Crippen molar-refractivity contribution in [2.75, 3.05) is 7.05 Å². The standard InChI is InChI=1S/C10H15ClN2O2S/c1-10(2,3)13(4)16(14,15)9-7-5-6-8(11)12-9/h5-7H,1-4H3. The van der Waals surface area contributed by atoms with Crippen molar-refractivity contribution in [2.24, 2.45) is 0 Å². The molecule has 0 aliphatic heterocycles. The predicted octanol–water partition coefficient (Wildman–Crippen LogP) is 2.15. The summed E-state index contributed by atoms with van der Waals surface area (Å²) in [5.41, 5.74) is -0.497. The summed E-state index contributed by atoms with van der Waals surface area (Å²) < 4.78 is 25.5. The Kier molecular flexibility index (Phi) is 3.62. The SMILES string of the molecule is CN(C(C)(C)C)S(=O)(=O)c1cccc(Cl)n1. The summed E-state index contributed by atoms with van der Waals surface area (Å²) in [6.07, 6.45) is 0. The van der Waals surface area contributed by atoms with Crippen molar-refractivity contribution in [3.63, 3.8) is 0 Å². The molecule has 0 atom stereocenters. The molecule has 1 rings (SSSR count). The number of hydrogen-bond donors (Lipinski definition) is 0. The lowest BCUT2D eigenvalue weighted by Crippen LogP contribution is -2.42. The molecular formula is C10H15ClN2O2S. The van der Waals surface area contributed by atoms with Gasteiger partial charge in [0.15, 0.2) is 5.03 Å². The van der Waals surface area contributed by atoms with Gasteiger partial charge in [-0.1, -0.05) is 17.7 Å². The highest BCUT2D eigenvalue weighted by molar-refractivity contribution is 7.89. The minimum atomic E-state index is -3.58. The summed E-state index contributed by atoms with van der Waals surface area (Å²) in [4.78, 5) is 3.82. The monoisotopic (exact) mass is 262 g/mol. The van der Waals surface area contributed by atoms with Gasteiger partial charge < -0.3 is 0 Å². The van der Waals surface area contributed by atoms with Gasteiger partial charge in [-0.3, -0.25) is 0 Å². The molecule has 0 unspecified atom stereocenters. The fourth-order valence-corrected chi connectivity index (χ4v) is 2.71. The highest BCUT2D eigenvalue weighted by atomic mass is 35.5. The van der Waals surface area contributed by atoms with Crippen LogP contribution >= 0.6 is 11.6 Å². The van der Waals surface area contributed by atoms with Crippen LogP contribution < -0.4 is 0 Å². The number of hydrogen-bond acceptors (Lipinski definition) is 3. The van der Waals surface area contributed by atoms with Gasteiger partial charge >= 0.3 is 0 Å². The lowest BCUT2D eigenvalue weighted by Gasteiger charge is -2.30. The Bertz CT molecular complexity index is 480. The van der Waals surface area contributed by atoms with Crippen LogP contribution in [0.2, 0.25) is 5.15 Å². The van der Waals surface area contributed by atoms with E-state index in [-0.39, 0.29) is 10.2 Å². The van der Waals surface area contributed by atoms with Crippen molar-refractivity contribution in [2.45, 2.75) is 31.3 Å². The molecule has 0 fully saturated rings. The minimum absolute atomic E-state index is 0.0302. The van der Waals surface area contributed by atoms with E-state index in [1.54, 1.807) is 6.07 Å². The third-order valence-electron chi connectivity index (χ3n) is 2.26. The van der Waals surface area contributed by atoms with E-state index in [0.717, 1.165) is 0 Å². The molecule has 16 heavy (non-hydrogen) atoms. The minimum Gasteiger partial charge on any atom is -0.223 e. The average Bonchev–Trinajstić information content (AvgIpc) is 2.15. The largest absolute Gasteiger partial charge is 0.260 e. The maximum absolute atomic E-state index is 12.1. The molecule has 0 aliphatic carbocycles. The van der Waals surface area contributed by atoms with Crippen molar-refractivity contribution >= 4 is 21.6 Å². The quantitative estimate of drug-likeness (QED) is 0.768. The summed E-state index contributed by atoms with van der Waals surface area (Å²) in [5.74, 6) is 0. The van der Waals surface area contributed by atoms with Crippen LogP contribution in [0.15, 0.2) is 23.2 Å². The lowest BCUT2D eigenvalue weighted by molar-refractivity contribution is 0.291. The summed E-state index contributed by atoms with van der Waals surface area (Å²) in [7, 11) is -2.06. The zero-order valence-electron chi connectivity index (χ0n) is 9.73. The third kappa shape index (κ3) is 2.72. The van der Waals surface area contributed by atoms with E-state index in [1.165, 1.54) is 23.5 Å². The molecule has 0 N–H and O–H groups in total. The lowest BCUT2D eigenvalue weighted by atomic mass is 10.1. The second-order valence-electron chi connectivity index (χ2n) is 4.44. The summed E-state index contributed by atoms with van der Waals surface area (Å²) in [6, 6.07) is 4.54. The summed E-state index contributed by atoms with van der Waals surface area (Å²) in [5, 5.41) is 0.140. The van der Waals surface area contributed by atoms with Crippen LogP contribution in [0.4, 0.5) is 0 Å². The Labute approximate surface area is 101 Å². The van der Waals surface area contributed by atoms with Crippen molar-refractivity contribution in [1.82, 2.24) is 9.29 Å². The van der Waals surface area contributed by atoms with E-state index in [4.69, 9.17) is 11.6 Å². The fraction of sp³-hybridized carbons (Fsp3) is 0.500. The first-order chi connectivity index (χ1) is 7.15. The Morgan fingerprint density at radius 2 is 1.88 bits per heavy atom. The van der Waals surface area contributed by atoms with Crippen molar-refractivity contribution in [3.05, 3.63) is 23.4 Å². The Hall–Kier alpha value is -0.650. The topological polar surface area (TPSA) is 50.3 Å².